The molecule has 0 aliphatic carbocycles. The Hall–Kier alpha value is -2.49. The van der Waals surface area contributed by atoms with Crippen molar-refractivity contribution in [3.63, 3.8) is 0 Å². The first-order valence-electron chi connectivity index (χ1n) is 5.49. The molecule has 0 amide bonds. The van der Waals surface area contributed by atoms with Gasteiger partial charge >= 0.3 is 0 Å². The highest BCUT2D eigenvalue weighted by Gasteiger charge is 2.00. The Balaban J connectivity index is 2.09. The second kappa shape index (κ2) is 5.23. The van der Waals surface area contributed by atoms with Gasteiger partial charge in [0.25, 0.3) is 0 Å². The zero-order chi connectivity index (χ0) is 13.0. The van der Waals surface area contributed by atoms with Gasteiger partial charge in [0.15, 0.2) is 12.8 Å². The molecule has 18 heavy (non-hydrogen) atoms. The number of rotatable bonds is 3. The highest BCUT2D eigenvalue weighted by atomic mass is 16.5. The molecule has 0 aliphatic rings. The van der Waals surface area contributed by atoms with E-state index in [1.807, 2.05) is 0 Å². The first-order chi connectivity index (χ1) is 8.63. The van der Waals surface area contributed by atoms with E-state index in [9.17, 15) is 5.21 Å². The van der Waals surface area contributed by atoms with Crippen LogP contribution in [0.3, 0.4) is 0 Å². The Bertz CT molecular complexity index is 544. The normalized spacial score (nSPS) is 11.4. The molecule has 0 atom stereocenters. The van der Waals surface area contributed by atoms with Crippen LogP contribution in [0, 0.1) is 5.21 Å². The highest BCUT2D eigenvalue weighted by Crippen LogP contribution is 2.11. The molecule has 0 unspecified atom stereocenters. The highest BCUT2D eigenvalue weighted by molar-refractivity contribution is 5.75. The molecule has 0 spiro atoms. The minimum absolute atomic E-state index is 0.170. The molecule has 2 N–H and O–H groups in total. The van der Waals surface area contributed by atoms with Gasteiger partial charge in [0.2, 0.25) is 0 Å². The largest absolute Gasteiger partial charge is 0.624 e. The Labute approximate surface area is 105 Å². The van der Waals surface area contributed by atoms with Gasteiger partial charge in [-0.1, -0.05) is 0 Å². The van der Waals surface area contributed by atoms with E-state index in [4.69, 9.17) is 10.2 Å². The fourth-order valence-electron chi connectivity index (χ4n) is 1.55. The third kappa shape index (κ3) is 3.25. The van der Waals surface area contributed by atoms with Gasteiger partial charge in [0.1, 0.15) is 11.5 Å². The van der Waals surface area contributed by atoms with E-state index >= 15 is 0 Å². The molecule has 2 aromatic rings. The van der Waals surface area contributed by atoms with Crippen molar-refractivity contribution in [1.29, 1.82) is 0 Å². The molecule has 4 nitrogen and oxygen atoms in total. The van der Waals surface area contributed by atoms with Crippen LogP contribution >= 0.6 is 0 Å². The maximum atomic E-state index is 11.7. The molecule has 0 aliphatic heterocycles. The average Bonchev–Trinajstić information content (AvgIpc) is 2.35. The summed E-state index contributed by atoms with van der Waals surface area (Å²) in [5, 5.41) is 29.9. The summed E-state index contributed by atoms with van der Waals surface area (Å²) in [5.41, 5.74) is 1.54. The van der Waals surface area contributed by atoms with Crippen LogP contribution in [0.15, 0.2) is 48.5 Å². The predicted octanol–water partition coefficient (Wildman–Crippen LogP) is 2.23. The number of phenolic OH excluding ortho intramolecular Hbond substituents is 2. The first kappa shape index (κ1) is 12.0. The number of hydrogen-bond donors (Lipinski definition) is 2. The minimum Gasteiger partial charge on any atom is -0.624 e. The van der Waals surface area contributed by atoms with Crippen LogP contribution in [-0.4, -0.2) is 21.2 Å². The summed E-state index contributed by atoms with van der Waals surface area (Å²) in [6.45, 7) is 0.209. The quantitative estimate of drug-likeness (QED) is 0.376. The van der Waals surface area contributed by atoms with E-state index in [0.29, 0.717) is 0 Å². The maximum Gasteiger partial charge on any atom is 0.182 e. The van der Waals surface area contributed by atoms with E-state index in [-0.39, 0.29) is 18.0 Å². The van der Waals surface area contributed by atoms with Crippen LogP contribution in [0.1, 0.15) is 11.1 Å². The lowest BCUT2D eigenvalue weighted by Gasteiger charge is -2.04. The van der Waals surface area contributed by atoms with Crippen molar-refractivity contribution in [1.82, 2.24) is 0 Å². The monoisotopic (exact) mass is 243 g/mol. The molecule has 0 fully saturated rings. The molecule has 4 heteroatoms. The Morgan fingerprint density at radius 3 is 1.94 bits per heavy atom. The zero-order valence-electron chi connectivity index (χ0n) is 9.65. The third-order valence-electron chi connectivity index (χ3n) is 2.46. The standard InChI is InChI=1S/C14H13NO3/c16-13-5-1-11(2-6-13)9-15(18)10-12-3-7-14(17)8-4-12/h1-9,16-17H,10H2/b15-9+. The molecule has 0 radical (unpaired) electrons. The predicted molar refractivity (Wildman–Crippen MR) is 68.7 cm³/mol. The van der Waals surface area contributed by atoms with Crippen LogP contribution in [-0.2, 0) is 6.54 Å². The van der Waals surface area contributed by atoms with Crippen LogP contribution in [0.4, 0.5) is 0 Å². The Kier molecular flexibility index (Phi) is 3.48. The number of hydrogen-bond acceptors (Lipinski definition) is 3. The summed E-state index contributed by atoms with van der Waals surface area (Å²) < 4.78 is 0.804. The van der Waals surface area contributed by atoms with Crippen LogP contribution in [0.25, 0.3) is 0 Å². The van der Waals surface area contributed by atoms with Gasteiger partial charge in [-0.15, -0.1) is 0 Å². The number of hydroxylamine groups is 1. The zero-order valence-corrected chi connectivity index (χ0v) is 9.65. The number of nitrogens with zero attached hydrogens (tertiary/aromatic N) is 1. The van der Waals surface area contributed by atoms with E-state index < -0.39 is 0 Å². The van der Waals surface area contributed by atoms with Crippen LogP contribution < -0.4 is 0 Å². The SMILES string of the molecule is [O-]/[N+](=C/c1ccc(O)cc1)Cc1ccc(O)cc1. The lowest BCUT2D eigenvalue weighted by atomic mass is 10.2. The molecule has 0 saturated heterocycles. The second-order valence-electron chi connectivity index (χ2n) is 3.96. The van der Waals surface area contributed by atoms with E-state index in [0.717, 1.165) is 15.9 Å². The summed E-state index contributed by atoms with van der Waals surface area (Å²) in [4.78, 5) is 0. The molecular weight excluding hydrogens is 230 g/mol. The minimum atomic E-state index is 0.170. The third-order valence-corrected chi connectivity index (χ3v) is 2.46. The van der Waals surface area contributed by atoms with E-state index in [2.05, 4.69) is 0 Å². The maximum absolute atomic E-state index is 11.7. The summed E-state index contributed by atoms with van der Waals surface area (Å²) in [6, 6.07) is 12.9. The summed E-state index contributed by atoms with van der Waals surface area (Å²) >= 11 is 0. The van der Waals surface area contributed by atoms with Gasteiger partial charge < -0.3 is 15.4 Å². The van der Waals surface area contributed by atoms with Crippen molar-refractivity contribution >= 4 is 6.21 Å². The van der Waals surface area contributed by atoms with Gasteiger partial charge in [-0.25, -0.2) is 4.74 Å². The molecule has 0 saturated carbocycles. The lowest BCUT2D eigenvalue weighted by Crippen LogP contribution is -2.05. The van der Waals surface area contributed by atoms with Gasteiger partial charge in [-0.05, 0) is 48.5 Å². The molecule has 0 heterocycles. The fourth-order valence-corrected chi connectivity index (χ4v) is 1.55. The summed E-state index contributed by atoms with van der Waals surface area (Å²) in [6.07, 6.45) is 1.45. The van der Waals surface area contributed by atoms with Crippen molar-refractivity contribution in [3.8, 4) is 11.5 Å². The summed E-state index contributed by atoms with van der Waals surface area (Å²) in [5.74, 6) is 0.349. The van der Waals surface area contributed by atoms with Crippen LogP contribution in [0.5, 0.6) is 11.5 Å². The van der Waals surface area contributed by atoms with Gasteiger partial charge in [-0.2, -0.15) is 0 Å². The number of phenols is 2. The van der Waals surface area contributed by atoms with E-state index in [1.165, 1.54) is 18.3 Å². The van der Waals surface area contributed by atoms with E-state index in [1.54, 1.807) is 36.4 Å². The van der Waals surface area contributed by atoms with Gasteiger partial charge in [0, 0.05) is 11.1 Å². The van der Waals surface area contributed by atoms with Crippen molar-refractivity contribution in [2.24, 2.45) is 0 Å². The number of benzene rings is 2. The smallest absolute Gasteiger partial charge is 0.182 e. The van der Waals surface area contributed by atoms with Crippen molar-refractivity contribution in [3.05, 3.63) is 64.9 Å². The topological polar surface area (TPSA) is 66.5 Å². The van der Waals surface area contributed by atoms with Crippen molar-refractivity contribution in [2.75, 3.05) is 0 Å². The first-order valence-corrected chi connectivity index (χ1v) is 5.49. The Morgan fingerprint density at radius 2 is 1.39 bits per heavy atom. The Morgan fingerprint density at radius 1 is 0.889 bits per heavy atom. The lowest BCUT2D eigenvalue weighted by molar-refractivity contribution is -0.469. The molecule has 0 aromatic heterocycles. The van der Waals surface area contributed by atoms with Gasteiger partial charge in [-0.3, -0.25) is 0 Å². The molecule has 0 bridgehead atoms. The molecular formula is C14H13NO3. The van der Waals surface area contributed by atoms with Crippen molar-refractivity contribution < 1.29 is 15.0 Å². The molecule has 92 valence electrons. The van der Waals surface area contributed by atoms with Gasteiger partial charge in [0.05, 0.1) is 0 Å². The van der Waals surface area contributed by atoms with Crippen molar-refractivity contribution in [2.45, 2.75) is 6.54 Å². The van der Waals surface area contributed by atoms with Crippen LogP contribution in [0.2, 0.25) is 0 Å². The second-order valence-corrected chi connectivity index (χ2v) is 3.96. The average molecular weight is 243 g/mol. The molecule has 2 aromatic carbocycles. The molecule has 2 rings (SSSR count). The fraction of sp³-hybridized carbons (Fsp3) is 0.0714. The number of aromatic hydroxyl groups is 2. The summed E-state index contributed by atoms with van der Waals surface area (Å²) in [7, 11) is 0.